The molecule has 110 valence electrons. The molecule has 8 heteroatoms. The predicted octanol–water partition coefficient (Wildman–Crippen LogP) is 2.07. The molecule has 2 rings (SSSR count). The molecule has 0 unspecified atom stereocenters. The molecule has 0 bridgehead atoms. The highest BCUT2D eigenvalue weighted by atomic mass is 19.4. The molecular weight excluding hydrogens is 275 g/mol. The van der Waals surface area contributed by atoms with E-state index >= 15 is 0 Å². The molecule has 0 spiro atoms. The van der Waals surface area contributed by atoms with Crippen LogP contribution in [0.3, 0.4) is 0 Å². The number of rotatable bonds is 2. The highest BCUT2D eigenvalue weighted by molar-refractivity contribution is 5.88. The maximum absolute atomic E-state index is 12.4. The second kappa shape index (κ2) is 6.10. The van der Waals surface area contributed by atoms with E-state index in [0.717, 1.165) is 12.1 Å². The first-order valence-electron chi connectivity index (χ1n) is 6.03. The van der Waals surface area contributed by atoms with Gasteiger partial charge in [-0.2, -0.15) is 13.2 Å². The number of ether oxygens (including phenoxy) is 1. The van der Waals surface area contributed by atoms with Crippen molar-refractivity contribution >= 4 is 11.7 Å². The lowest BCUT2D eigenvalue weighted by Crippen LogP contribution is -2.49. The van der Waals surface area contributed by atoms with Gasteiger partial charge in [0.05, 0.1) is 18.8 Å². The summed E-state index contributed by atoms with van der Waals surface area (Å²) in [6, 6.07) is 3.77. The maximum atomic E-state index is 12.4. The fourth-order valence-corrected chi connectivity index (χ4v) is 1.72. The van der Waals surface area contributed by atoms with E-state index in [-0.39, 0.29) is 0 Å². The second-order valence-corrected chi connectivity index (χ2v) is 4.24. The Hall–Kier alpha value is -1.80. The molecule has 0 atom stereocenters. The first-order chi connectivity index (χ1) is 9.45. The van der Waals surface area contributed by atoms with Crippen LogP contribution in [0.25, 0.3) is 0 Å². The van der Waals surface area contributed by atoms with Crippen LogP contribution in [0.1, 0.15) is 5.56 Å². The van der Waals surface area contributed by atoms with Gasteiger partial charge in [-0.25, -0.2) is 9.80 Å². The van der Waals surface area contributed by atoms with Crippen molar-refractivity contribution in [2.75, 3.05) is 31.6 Å². The summed E-state index contributed by atoms with van der Waals surface area (Å²) < 4.78 is 42.2. The lowest BCUT2D eigenvalue weighted by atomic mass is 10.2. The number of hydrazine groups is 1. The average Bonchev–Trinajstić information content (AvgIpc) is 2.39. The Morgan fingerprint density at radius 3 is 2.30 bits per heavy atom. The standard InChI is InChI=1S/C12H14F3N3O2/c13-12(14,15)9-1-3-10(4-2-9)16-11(19)17-18-5-7-20-8-6-18/h1-4H,5-8H2,(H2,16,17,19). The molecule has 1 fully saturated rings. The van der Waals surface area contributed by atoms with E-state index in [4.69, 9.17) is 4.74 Å². The van der Waals surface area contributed by atoms with E-state index in [0.29, 0.717) is 32.0 Å². The molecule has 0 aromatic heterocycles. The van der Waals surface area contributed by atoms with Gasteiger partial charge in [-0.15, -0.1) is 0 Å². The van der Waals surface area contributed by atoms with E-state index in [1.807, 2.05) is 0 Å². The fraction of sp³-hybridized carbons (Fsp3) is 0.417. The van der Waals surface area contributed by atoms with Crippen molar-refractivity contribution in [3.05, 3.63) is 29.8 Å². The Kier molecular flexibility index (Phi) is 4.46. The Balaban J connectivity index is 1.87. The van der Waals surface area contributed by atoms with Crippen LogP contribution in [0.4, 0.5) is 23.7 Å². The summed E-state index contributed by atoms with van der Waals surface area (Å²) in [5, 5.41) is 4.15. The Morgan fingerprint density at radius 1 is 1.15 bits per heavy atom. The molecule has 0 saturated carbocycles. The topological polar surface area (TPSA) is 53.6 Å². The monoisotopic (exact) mass is 289 g/mol. The van der Waals surface area contributed by atoms with E-state index in [9.17, 15) is 18.0 Å². The first-order valence-corrected chi connectivity index (χ1v) is 6.03. The molecule has 1 saturated heterocycles. The molecule has 0 aliphatic carbocycles. The molecule has 0 radical (unpaired) electrons. The molecule has 1 aromatic rings. The lowest BCUT2D eigenvalue weighted by molar-refractivity contribution is -0.137. The van der Waals surface area contributed by atoms with Crippen LogP contribution in [0.2, 0.25) is 0 Å². The van der Waals surface area contributed by atoms with Gasteiger partial charge in [0.15, 0.2) is 0 Å². The highest BCUT2D eigenvalue weighted by Crippen LogP contribution is 2.29. The number of anilines is 1. The molecule has 2 amide bonds. The Labute approximate surface area is 113 Å². The smallest absolute Gasteiger partial charge is 0.379 e. The van der Waals surface area contributed by atoms with Gasteiger partial charge >= 0.3 is 12.2 Å². The van der Waals surface area contributed by atoms with Crippen LogP contribution >= 0.6 is 0 Å². The minimum Gasteiger partial charge on any atom is -0.379 e. The van der Waals surface area contributed by atoms with Gasteiger partial charge in [-0.05, 0) is 24.3 Å². The number of carbonyl (C=O) groups excluding carboxylic acids is 1. The molecule has 1 aliphatic heterocycles. The zero-order valence-corrected chi connectivity index (χ0v) is 10.5. The van der Waals surface area contributed by atoms with Gasteiger partial charge in [0.2, 0.25) is 0 Å². The third-order valence-electron chi connectivity index (χ3n) is 2.74. The summed E-state index contributed by atoms with van der Waals surface area (Å²) in [5.41, 5.74) is 2.14. The quantitative estimate of drug-likeness (QED) is 0.876. The summed E-state index contributed by atoms with van der Waals surface area (Å²) in [4.78, 5) is 11.6. The van der Waals surface area contributed by atoms with Gasteiger partial charge in [-0.3, -0.25) is 5.43 Å². The molecule has 5 nitrogen and oxygen atoms in total. The number of carbonyl (C=O) groups is 1. The van der Waals surface area contributed by atoms with E-state index < -0.39 is 17.8 Å². The second-order valence-electron chi connectivity index (χ2n) is 4.24. The van der Waals surface area contributed by atoms with Crippen LogP contribution in [0, 0.1) is 0 Å². The van der Waals surface area contributed by atoms with Gasteiger partial charge in [0.1, 0.15) is 0 Å². The number of benzene rings is 1. The number of nitrogens with zero attached hydrogens (tertiary/aromatic N) is 1. The van der Waals surface area contributed by atoms with Crippen LogP contribution in [0.15, 0.2) is 24.3 Å². The summed E-state index contributed by atoms with van der Waals surface area (Å²) in [6.07, 6.45) is -4.38. The maximum Gasteiger partial charge on any atom is 0.416 e. The van der Waals surface area contributed by atoms with E-state index in [1.165, 1.54) is 12.1 Å². The van der Waals surface area contributed by atoms with Crippen LogP contribution < -0.4 is 10.7 Å². The Bertz CT molecular complexity index is 456. The van der Waals surface area contributed by atoms with Gasteiger partial charge in [0, 0.05) is 18.8 Å². The molecule has 1 aliphatic rings. The first kappa shape index (κ1) is 14.6. The van der Waals surface area contributed by atoms with Crippen LogP contribution in [-0.2, 0) is 10.9 Å². The zero-order valence-electron chi connectivity index (χ0n) is 10.5. The van der Waals surface area contributed by atoms with Crippen LogP contribution in [0.5, 0.6) is 0 Å². The molecule has 1 heterocycles. The van der Waals surface area contributed by atoms with E-state index in [2.05, 4.69) is 10.7 Å². The van der Waals surface area contributed by atoms with Crippen LogP contribution in [-0.4, -0.2) is 37.3 Å². The van der Waals surface area contributed by atoms with Crippen molar-refractivity contribution in [2.45, 2.75) is 6.18 Å². The van der Waals surface area contributed by atoms with Crippen molar-refractivity contribution < 1.29 is 22.7 Å². The number of morpholine rings is 1. The molecule has 2 N–H and O–H groups in total. The lowest BCUT2D eigenvalue weighted by Gasteiger charge is -2.26. The van der Waals surface area contributed by atoms with E-state index in [1.54, 1.807) is 5.01 Å². The van der Waals surface area contributed by atoms with Crippen molar-refractivity contribution in [2.24, 2.45) is 0 Å². The Morgan fingerprint density at radius 2 is 1.75 bits per heavy atom. The van der Waals surface area contributed by atoms with Crippen molar-refractivity contribution in [1.82, 2.24) is 10.4 Å². The largest absolute Gasteiger partial charge is 0.416 e. The number of hydrogen-bond donors (Lipinski definition) is 2. The number of halogens is 3. The molecular formula is C12H14F3N3O2. The van der Waals surface area contributed by atoms with Crippen molar-refractivity contribution in [3.8, 4) is 0 Å². The summed E-state index contributed by atoms with van der Waals surface area (Å²) in [5.74, 6) is 0. The third-order valence-corrected chi connectivity index (χ3v) is 2.74. The number of urea groups is 1. The highest BCUT2D eigenvalue weighted by Gasteiger charge is 2.30. The fourth-order valence-electron chi connectivity index (χ4n) is 1.72. The van der Waals surface area contributed by atoms with Gasteiger partial charge < -0.3 is 10.1 Å². The molecule has 1 aromatic carbocycles. The third kappa shape index (κ3) is 4.10. The normalized spacial score (nSPS) is 16.8. The minimum absolute atomic E-state index is 0.295. The number of amides is 2. The van der Waals surface area contributed by atoms with Gasteiger partial charge in [-0.1, -0.05) is 0 Å². The van der Waals surface area contributed by atoms with Crippen molar-refractivity contribution in [1.29, 1.82) is 0 Å². The average molecular weight is 289 g/mol. The number of alkyl halides is 3. The summed E-state index contributed by atoms with van der Waals surface area (Å²) in [6.45, 7) is 2.20. The summed E-state index contributed by atoms with van der Waals surface area (Å²) >= 11 is 0. The number of hydrogen-bond acceptors (Lipinski definition) is 3. The molecule has 20 heavy (non-hydrogen) atoms. The number of nitrogens with one attached hydrogen (secondary N) is 2. The minimum atomic E-state index is -4.38. The SMILES string of the molecule is O=C(Nc1ccc(C(F)(F)F)cc1)NN1CCOCC1. The van der Waals surface area contributed by atoms with Gasteiger partial charge in [0.25, 0.3) is 0 Å². The van der Waals surface area contributed by atoms with Crippen molar-refractivity contribution in [3.63, 3.8) is 0 Å². The predicted molar refractivity (Wildman–Crippen MR) is 66.0 cm³/mol. The zero-order chi connectivity index (χ0) is 14.6. The summed E-state index contributed by atoms with van der Waals surface area (Å²) in [7, 11) is 0.